The van der Waals surface area contributed by atoms with Gasteiger partial charge in [0.25, 0.3) is 0 Å². The van der Waals surface area contributed by atoms with Crippen LogP contribution < -0.4 is 11.1 Å². The van der Waals surface area contributed by atoms with Gasteiger partial charge in [0.1, 0.15) is 0 Å². The monoisotopic (exact) mass is 220 g/mol. The van der Waals surface area contributed by atoms with E-state index in [1.165, 1.54) is 5.56 Å². The van der Waals surface area contributed by atoms with E-state index in [4.69, 9.17) is 10.5 Å². The van der Waals surface area contributed by atoms with E-state index in [1.807, 2.05) is 12.1 Å². The van der Waals surface area contributed by atoms with Crippen LogP contribution in [0.2, 0.25) is 0 Å². The molecule has 0 spiro atoms. The molecule has 1 aliphatic heterocycles. The van der Waals surface area contributed by atoms with E-state index in [0.29, 0.717) is 0 Å². The molecule has 0 aromatic heterocycles. The summed E-state index contributed by atoms with van der Waals surface area (Å²) in [4.78, 5) is 0. The molecule has 3 N–H and O–H groups in total. The Morgan fingerprint density at radius 2 is 2.00 bits per heavy atom. The van der Waals surface area contributed by atoms with E-state index in [1.54, 1.807) is 0 Å². The van der Waals surface area contributed by atoms with Gasteiger partial charge in [0.15, 0.2) is 0 Å². The Morgan fingerprint density at radius 1 is 1.31 bits per heavy atom. The second-order valence-electron chi connectivity index (χ2n) is 4.87. The zero-order valence-corrected chi connectivity index (χ0v) is 10.0. The zero-order valence-electron chi connectivity index (χ0n) is 10.0. The Kier molecular flexibility index (Phi) is 3.06. The largest absolute Gasteiger partial charge is 0.399 e. The standard InChI is InChI=1S/C13H20N2O/c1-10-3-4-11(14)9-12(10)15-13(2)5-7-16-8-6-13/h3-4,9,15H,5-8,14H2,1-2H3. The number of nitrogens with two attached hydrogens (primary N) is 1. The Labute approximate surface area is 97.0 Å². The van der Waals surface area contributed by atoms with Crippen molar-refractivity contribution in [2.75, 3.05) is 24.3 Å². The van der Waals surface area contributed by atoms with Crippen molar-refractivity contribution in [3.8, 4) is 0 Å². The highest BCUT2D eigenvalue weighted by Gasteiger charge is 2.27. The molecule has 1 saturated heterocycles. The van der Waals surface area contributed by atoms with Gasteiger partial charge in [0.2, 0.25) is 0 Å². The first-order valence-corrected chi connectivity index (χ1v) is 5.81. The molecule has 0 amide bonds. The summed E-state index contributed by atoms with van der Waals surface area (Å²) in [5, 5.41) is 3.61. The summed E-state index contributed by atoms with van der Waals surface area (Å²) in [5.74, 6) is 0. The third kappa shape index (κ3) is 2.47. The van der Waals surface area contributed by atoms with Crippen molar-refractivity contribution in [2.45, 2.75) is 32.2 Å². The fourth-order valence-electron chi connectivity index (χ4n) is 2.05. The van der Waals surface area contributed by atoms with Crippen LogP contribution in [0.5, 0.6) is 0 Å². The maximum atomic E-state index is 5.81. The average molecular weight is 220 g/mol. The topological polar surface area (TPSA) is 47.3 Å². The van der Waals surface area contributed by atoms with Gasteiger partial charge in [-0.1, -0.05) is 6.07 Å². The molecule has 0 radical (unpaired) electrons. The van der Waals surface area contributed by atoms with E-state index in [0.717, 1.165) is 37.4 Å². The van der Waals surface area contributed by atoms with E-state index in [-0.39, 0.29) is 5.54 Å². The molecule has 1 aromatic rings. The predicted octanol–water partition coefficient (Wildman–Crippen LogP) is 2.56. The minimum atomic E-state index is 0.136. The van der Waals surface area contributed by atoms with Crippen LogP contribution >= 0.6 is 0 Å². The summed E-state index contributed by atoms with van der Waals surface area (Å²) in [6, 6.07) is 6.00. The van der Waals surface area contributed by atoms with Crippen molar-refractivity contribution in [1.82, 2.24) is 0 Å². The summed E-state index contributed by atoms with van der Waals surface area (Å²) in [6.45, 7) is 6.03. The van der Waals surface area contributed by atoms with Crippen LogP contribution in [-0.2, 0) is 4.74 Å². The molecule has 3 heteroatoms. The van der Waals surface area contributed by atoms with E-state index < -0.39 is 0 Å². The van der Waals surface area contributed by atoms with Gasteiger partial charge in [-0.05, 0) is 44.4 Å². The van der Waals surface area contributed by atoms with Gasteiger partial charge in [0.05, 0.1) is 0 Å². The Balaban J connectivity index is 2.15. The number of nitrogen functional groups attached to an aromatic ring is 1. The number of anilines is 2. The number of hydrogen-bond acceptors (Lipinski definition) is 3. The highest BCUT2D eigenvalue weighted by atomic mass is 16.5. The summed E-state index contributed by atoms with van der Waals surface area (Å²) in [7, 11) is 0. The lowest BCUT2D eigenvalue weighted by Crippen LogP contribution is -2.40. The van der Waals surface area contributed by atoms with E-state index in [9.17, 15) is 0 Å². The van der Waals surface area contributed by atoms with Crippen molar-refractivity contribution in [3.63, 3.8) is 0 Å². The van der Waals surface area contributed by atoms with Gasteiger partial charge in [-0.15, -0.1) is 0 Å². The molecular formula is C13H20N2O. The lowest BCUT2D eigenvalue weighted by atomic mass is 9.92. The van der Waals surface area contributed by atoms with Gasteiger partial charge in [-0.2, -0.15) is 0 Å². The predicted molar refractivity (Wildman–Crippen MR) is 67.7 cm³/mol. The molecule has 0 bridgehead atoms. The minimum absolute atomic E-state index is 0.136. The van der Waals surface area contributed by atoms with Gasteiger partial charge in [0, 0.05) is 30.1 Å². The van der Waals surface area contributed by atoms with Crippen molar-refractivity contribution in [1.29, 1.82) is 0 Å². The fraction of sp³-hybridized carbons (Fsp3) is 0.538. The summed E-state index contributed by atoms with van der Waals surface area (Å²) >= 11 is 0. The molecule has 88 valence electrons. The second-order valence-corrected chi connectivity index (χ2v) is 4.87. The Bertz CT molecular complexity index is 370. The third-order valence-corrected chi connectivity index (χ3v) is 3.29. The van der Waals surface area contributed by atoms with Crippen LogP contribution in [0.3, 0.4) is 0 Å². The van der Waals surface area contributed by atoms with Crippen molar-refractivity contribution in [2.24, 2.45) is 0 Å². The van der Waals surface area contributed by atoms with E-state index in [2.05, 4.69) is 25.2 Å². The first kappa shape index (κ1) is 11.3. The lowest BCUT2D eigenvalue weighted by Gasteiger charge is -2.36. The van der Waals surface area contributed by atoms with Gasteiger partial charge < -0.3 is 15.8 Å². The molecule has 2 rings (SSSR count). The zero-order chi connectivity index (χ0) is 11.6. The second kappa shape index (κ2) is 4.34. The molecule has 0 unspecified atom stereocenters. The summed E-state index contributed by atoms with van der Waals surface area (Å²) in [6.07, 6.45) is 2.09. The Morgan fingerprint density at radius 3 is 2.69 bits per heavy atom. The molecule has 1 heterocycles. The molecule has 1 fully saturated rings. The average Bonchev–Trinajstić information content (AvgIpc) is 2.24. The first-order valence-electron chi connectivity index (χ1n) is 5.81. The number of nitrogens with one attached hydrogen (secondary N) is 1. The normalized spacial score (nSPS) is 19.4. The van der Waals surface area contributed by atoms with Crippen LogP contribution in [0.1, 0.15) is 25.3 Å². The number of benzene rings is 1. The molecule has 0 atom stereocenters. The maximum absolute atomic E-state index is 5.81. The van der Waals surface area contributed by atoms with Crippen LogP contribution in [0.25, 0.3) is 0 Å². The van der Waals surface area contributed by atoms with Crippen molar-refractivity contribution in [3.05, 3.63) is 23.8 Å². The Hall–Kier alpha value is -1.22. The highest BCUT2D eigenvalue weighted by molar-refractivity contribution is 5.60. The van der Waals surface area contributed by atoms with Gasteiger partial charge >= 0.3 is 0 Å². The smallest absolute Gasteiger partial charge is 0.0488 e. The summed E-state index contributed by atoms with van der Waals surface area (Å²) in [5.41, 5.74) is 9.14. The molecule has 0 aliphatic carbocycles. The van der Waals surface area contributed by atoms with Crippen molar-refractivity contribution < 1.29 is 4.74 Å². The molecule has 1 aliphatic rings. The molecule has 0 saturated carbocycles. The minimum Gasteiger partial charge on any atom is -0.399 e. The summed E-state index contributed by atoms with van der Waals surface area (Å²) < 4.78 is 5.39. The third-order valence-electron chi connectivity index (χ3n) is 3.29. The van der Waals surface area contributed by atoms with Crippen LogP contribution in [0, 0.1) is 6.92 Å². The van der Waals surface area contributed by atoms with Gasteiger partial charge in [-0.25, -0.2) is 0 Å². The quantitative estimate of drug-likeness (QED) is 0.753. The highest BCUT2D eigenvalue weighted by Crippen LogP contribution is 2.28. The molecule has 3 nitrogen and oxygen atoms in total. The van der Waals surface area contributed by atoms with E-state index >= 15 is 0 Å². The number of hydrogen-bond donors (Lipinski definition) is 2. The lowest BCUT2D eigenvalue weighted by molar-refractivity contribution is 0.0658. The number of aryl methyl sites for hydroxylation is 1. The number of ether oxygens (including phenoxy) is 1. The van der Waals surface area contributed by atoms with Crippen LogP contribution in [0.4, 0.5) is 11.4 Å². The molecule has 16 heavy (non-hydrogen) atoms. The van der Waals surface area contributed by atoms with Crippen LogP contribution in [-0.4, -0.2) is 18.8 Å². The molecule has 1 aromatic carbocycles. The molecular weight excluding hydrogens is 200 g/mol. The maximum Gasteiger partial charge on any atom is 0.0488 e. The SMILES string of the molecule is Cc1ccc(N)cc1NC1(C)CCOCC1. The number of rotatable bonds is 2. The van der Waals surface area contributed by atoms with Crippen molar-refractivity contribution >= 4 is 11.4 Å². The fourth-order valence-corrected chi connectivity index (χ4v) is 2.05. The first-order chi connectivity index (χ1) is 7.59. The van der Waals surface area contributed by atoms with Gasteiger partial charge in [-0.3, -0.25) is 0 Å². The van der Waals surface area contributed by atoms with Crippen LogP contribution in [0.15, 0.2) is 18.2 Å².